The summed E-state index contributed by atoms with van der Waals surface area (Å²) in [4.78, 5) is 0. The highest BCUT2D eigenvalue weighted by atomic mass is 15.0. The van der Waals surface area contributed by atoms with Gasteiger partial charge in [0.15, 0.2) is 0 Å². The van der Waals surface area contributed by atoms with Crippen molar-refractivity contribution in [1.82, 2.24) is 13.7 Å². The van der Waals surface area contributed by atoms with Crippen LogP contribution < -0.4 is 0 Å². The van der Waals surface area contributed by atoms with E-state index < -0.39 is 0 Å². The van der Waals surface area contributed by atoms with E-state index in [9.17, 15) is 0 Å². The summed E-state index contributed by atoms with van der Waals surface area (Å²) >= 11 is 0. The molecule has 0 saturated heterocycles. The van der Waals surface area contributed by atoms with Crippen LogP contribution in [0.25, 0.3) is 105 Å². The maximum atomic E-state index is 2.49. The van der Waals surface area contributed by atoms with E-state index in [1.54, 1.807) is 0 Å². The molecule has 13 rings (SSSR count). The molecule has 0 spiro atoms. The van der Waals surface area contributed by atoms with E-state index in [1.807, 2.05) is 0 Å². The first kappa shape index (κ1) is 33.4. The molecule has 60 heavy (non-hydrogen) atoms. The average Bonchev–Trinajstić information content (AvgIpc) is 4.00. The maximum absolute atomic E-state index is 2.49. The molecule has 1 aliphatic carbocycles. The Labute approximate surface area is 347 Å². The fraction of sp³-hybridized carbons (Fsp3) is 0.0526. The van der Waals surface area contributed by atoms with Gasteiger partial charge in [0.05, 0.1) is 38.8 Å². The van der Waals surface area contributed by atoms with Crippen molar-refractivity contribution in [2.75, 3.05) is 0 Å². The van der Waals surface area contributed by atoms with Crippen molar-refractivity contribution < 1.29 is 0 Å². The third-order valence-corrected chi connectivity index (χ3v) is 13.4. The van der Waals surface area contributed by atoms with Gasteiger partial charge in [-0.1, -0.05) is 141 Å². The van der Waals surface area contributed by atoms with E-state index in [-0.39, 0.29) is 5.41 Å². The highest BCUT2D eigenvalue weighted by Crippen LogP contribution is 2.50. The van der Waals surface area contributed by atoms with Crippen LogP contribution in [0, 0.1) is 0 Å². The topological polar surface area (TPSA) is 14.8 Å². The van der Waals surface area contributed by atoms with Gasteiger partial charge in [0.2, 0.25) is 0 Å². The highest BCUT2D eigenvalue weighted by Gasteiger charge is 2.35. The zero-order valence-corrected chi connectivity index (χ0v) is 33.4. The monoisotopic (exact) mass is 765 g/mol. The predicted molar refractivity (Wildman–Crippen MR) is 252 cm³/mol. The first-order chi connectivity index (χ1) is 29.6. The smallest absolute Gasteiger partial charge is 0.0549 e. The molecular formula is C57H39N3. The minimum absolute atomic E-state index is 0.0308. The highest BCUT2D eigenvalue weighted by molar-refractivity contribution is 6.29. The van der Waals surface area contributed by atoms with Crippen LogP contribution in [-0.4, -0.2) is 13.7 Å². The van der Waals surface area contributed by atoms with Crippen LogP contribution in [-0.2, 0) is 5.41 Å². The first-order valence-corrected chi connectivity index (χ1v) is 20.9. The summed E-state index contributed by atoms with van der Waals surface area (Å²) in [6.45, 7) is 4.70. The maximum Gasteiger partial charge on any atom is 0.0549 e. The van der Waals surface area contributed by atoms with Gasteiger partial charge in [0, 0.05) is 54.7 Å². The Balaban J connectivity index is 1.03. The van der Waals surface area contributed by atoms with Crippen molar-refractivity contribution in [3.05, 3.63) is 211 Å². The molecule has 0 amide bonds. The average molecular weight is 766 g/mol. The molecule has 12 aromatic rings. The van der Waals surface area contributed by atoms with Crippen LogP contribution in [0.1, 0.15) is 25.0 Å². The summed E-state index contributed by atoms with van der Waals surface area (Å²) in [5.41, 5.74) is 18.6. The molecule has 0 N–H and O–H groups in total. The number of benzene rings is 9. The van der Waals surface area contributed by atoms with Gasteiger partial charge < -0.3 is 13.7 Å². The van der Waals surface area contributed by atoms with Crippen LogP contribution in [0.3, 0.4) is 0 Å². The van der Waals surface area contributed by atoms with Crippen LogP contribution in [0.5, 0.6) is 0 Å². The van der Waals surface area contributed by atoms with Gasteiger partial charge in [-0.3, -0.25) is 0 Å². The van der Waals surface area contributed by atoms with Gasteiger partial charge in [-0.25, -0.2) is 0 Å². The van der Waals surface area contributed by atoms with E-state index in [0.717, 1.165) is 5.69 Å². The molecule has 0 unspecified atom stereocenters. The number of fused-ring (bicyclic) bond motifs is 13. The quantitative estimate of drug-likeness (QED) is 0.169. The first-order valence-electron chi connectivity index (χ1n) is 20.9. The summed E-state index contributed by atoms with van der Waals surface area (Å²) in [7, 11) is 0. The number of hydrogen-bond acceptors (Lipinski definition) is 0. The molecule has 0 aliphatic heterocycles. The Morgan fingerprint density at radius 1 is 0.317 bits per heavy atom. The van der Waals surface area contributed by atoms with Gasteiger partial charge in [-0.2, -0.15) is 0 Å². The van der Waals surface area contributed by atoms with Crippen LogP contribution in [0.15, 0.2) is 200 Å². The fourth-order valence-electron chi connectivity index (χ4n) is 10.8. The van der Waals surface area contributed by atoms with E-state index in [2.05, 4.69) is 228 Å². The van der Waals surface area contributed by atoms with Crippen molar-refractivity contribution in [2.45, 2.75) is 19.3 Å². The molecule has 3 nitrogen and oxygen atoms in total. The summed E-state index contributed by atoms with van der Waals surface area (Å²) in [5.74, 6) is 0. The standard InChI is InChI=1S/C57H39N3/c1-57(2)46-23-11-6-19-40(46)44-35-38(29-30-47(44)57)59-49-25-13-8-20-41(49)45-34-36(28-31-52(45)59)39-18-7-12-24-48(39)60-51-27-15-10-22-43(51)56-54(60)33-32-53-55(56)42-21-9-14-26-50(42)58(53)37-16-4-3-5-17-37/h3-35H,1-2H3. The lowest BCUT2D eigenvalue weighted by Gasteiger charge is -2.21. The molecule has 0 radical (unpaired) electrons. The third-order valence-electron chi connectivity index (χ3n) is 13.4. The minimum atomic E-state index is -0.0308. The third kappa shape index (κ3) is 4.44. The molecule has 3 heteroatoms. The molecule has 0 saturated carbocycles. The minimum Gasteiger partial charge on any atom is -0.309 e. The van der Waals surface area contributed by atoms with E-state index in [0.29, 0.717) is 0 Å². The van der Waals surface area contributed by atoms with Gasteiger partial charge in [-0.05, 0) is 101 Å². The number of nitrogens with zero attached hydrogens (tertiary/aromatic N) is 3. The van der Waals surface area contributed by atoms with Crippen molar-refractivity contribution >= 4 is 65.4 Å². The molecule has 9 aromatic carbocycles. The molecule has 0 bridgehead atoms. The number of para-hydroxylation sites is 5. The van der Waals surface area contributed by atoms with Crippen LogP contribution >= 0.6 is 0 Å². The molecule has 282 valence electrons. The van der Waals surface area contributed by atoms with Gasteiger partial charge >= 0.3 is 0 Å². The lowest BCUT2D eigenvalue weighted by Crippen LogP contribution is -2.14. The predicted octanol–water partition coefficient (Wildman–Crippen LogP) is 15.0. The van der Waals surface area contributed by atoms with Crippen molar-refractivity contribution in [3.63, 3.8) is 0 Å². The normalized spacial score (nSPS) is 13.3. The Bertz CT molecular complexity index is 3740. The van der Waals surface area contributed by atoms with E-state index >= 15 is 0 Å². The number of hydrogen-bond donors (Lipinski definition) is 0. The summed E-state index contributed by atoms with van der Waals surface area (Å²) in [6, 6.07) is 74.0. The molecule has 3 aromatic heterocycles. The Morgan fingerprint density at radius 2 is 0.833 bits per heavy atom. The second-order valence-electron chi connectivity index (χ2n) is 16.9. The molecule has 0 fully saturated rings. The zero-order chi connectivity index (χ0) is 39.7. The SMILES string of the molecule is CC1(C)c2ccccc2-c2cc(-n3c4ccccc4c4cc(-c5ccccc5-n5c6ccccc6c6c7c8ccccc8n(-c8ccccc8)c7ccc65)ccc43)ccc21. The molecule has 3 heterocycles. The van der Waals surface area contributed by atoms with E-state index in [1.165, 1.54) is 110 Å². The Kier molecular flexibility index (Phi) is 6.78. The van der Waals surface area contributed by atoms with E-state index in [4.69, 9.17) is 0 Å². The number of rotatable bonds is 4. The van der Waals surface area contributed by atoms with Crippen LogP contribution in [0.4, 0.5) is 0 Å². The van der Waals surface area contributed by atoms with Crippen molar-refractivity contribution in [3.8, 4) is 39.3 Å². The second-order valence-corrected chi connectivity index (χ2v) is 16.9. The van der Waals surface area contributed by atoms with Gasteiger partial charge in [0.1, 0.15) is 0 Å². The lowest BCUT2D eigenvalue weighted by molar-refractivity contribution is 0.660. The Hall–Kier alpha value is -7.62. The lowest BCUT2D eigenvalue weighted by atomic mass is 9.82. The second kappa shape index (κ2) is 12.2. The summed E-state index contributed by atoms with van der Waals surface area (Å²) in [6.07, 6.45) is 0. The van der Waals surface area contributed by atoms with Crippen molar-refractivity contribution in [1.29, 1.82) is 0 Å². The Morgan fingerprint density at radius 3 is 1.58 bits per heavy atom. The molecule has 1 aliphatic rings. The summed E-state index contributed by atoms with van der Waals surface area (Å²) in [5, 5.41) is 7.58. The zero-order valence-electron chi connectivity index (χ0n) is 33.4. The number of aromatic nitrogens is 3. The fourth-order valence-corrected chi connectivity index (χ4v) is 10.8. The molecule has 0 atom stereocenters. The van der Waals surface area contributed by atoms with Gasteiger partial charge in [0.25, 0.3) is 0 Å². The summed E-state index contributed by atoms with van der Waals surface area (Å²) < 4.78 is 7.36. The van der Waals surface area contributed by atoms with Gasteiger partial charge in [-0.15, -0.1) is 0 Å². The largest absolute Gasteiger partial charge is 0.309 e. The molecular weight excluding hydrogens is 727 g/mol. The van der Waals surface area contributed by atoms with Crippen LogP contribution in [0.2, 0.25) is 0 Å². The van der Waals surface area contributed by atoms with Crippen molar-refractivity contribution in [2.24, 2.45) is 0 Å².